The lowest BCUT2D eigenvalue weighted by Crippen LogP contribution is -2.29. The molecule has 118 valence electrons. The second-order valence-corrected chi connectivity index (χ2v) is 9.18. The van der Waals surface area contributed by atoms with Gasteiger partial charge in [-0.1, -0.05) is 36.4 Å². The van der Waals surface area contributed by atoms with Crippen molar-refractivity contribution in [3.8, 4) is 0 Å². The third-order valence-corrected chi connectivity index (χ3v) is 6.74. The van der Waals surface area contributed by atoms with Crippen LogP contribution in [0.4, 0.5) is 0 Å². The number of hydrogen-bond donors (Lipinski definition) is 1. The van der Waals surface area contributed by atoms with Crippen molar-refractivity contribution in [3.05, 3.63) is 81.9 Å². The van der Waals surface area contributed by atoms with Gasteiger partial charge >= 0.3 is 0 Å². The van der Waals surface area contributed by atoms with Gasteiger partial charge < -0.3 is 0 Å². The summed E-state index contributed by atoms with van der Waals surface area (Å²) in [6.45, 7) is 0. The minimum atomic E-state index is -3.64. The predicted molar refractivity (Wildman–Crippen MR) is 94.9 cm³/mol. The van der Waals surface area contributed by atoms with Gasteiger partial charge in [0.1, 0.15) is 4.21 Å². The first kappa shape index (κ1) is 16.3. The van der Waals surface area contributed by atoms with Gasteiger partial charge in [-0.2, -0.15) is 4.72 Å². The van der Waals surface area contributed by atoms with E-state index in [0.717, 1.165) is 9.35 Å². The Hall–Kier alpha value is -1.54. The SMILES string of the molecule is O=S(=O)(NC(c1ccccc1)c1ccccn1)c1ccc(Br)s1. The molecule has 0 fully saturated rings. The summed E-state index contributed by atoms with van der Waals surface area (Å²) in [5.74, 6) is 0. The molecule has 2 heterocycles. The Kier molecular flexibility index (Phi) is 4.91. The first-order chi connectivity index (χ1) is 11.1. The minimum Gasteiger partial charge on any atom is -0.259 e. The summed E-state index contributed by atoms with van der Waals surface area (Å²) in [4.78, 5) is 4.31. The van der Waals surface area contributed by atoms with Gasteiger partial charge in [-0.25, -0.2) is 8.42 Å². The van der Waals surface area contributed by atoms with Crippen LogP contribution in [0.2, 0.25) is 0 Å². The first-order valence-corrected chi connectivity index (χ1v) is 9.89. The number of sulfonamides is 1. The van der Waals surface area contributed by atoms with Crippen molar-refractivity contribution < 1.29 is 8.42 Å². The smallest absolute Gasteiger partial charge is 0.251 e. The van der Waals surface area contributed by atoms with E-state index in [0.29, 0.717) is 5.69 Å². The van der Waals surface area contributed by atoms with Crippen LogP contribution in [0.3, 0.4) is 0 Å². The average Bonchev–Trinajstić information content (AvgIpc) is 3.02. The Balaban J connectivity index is 2.00. The Morgan fingerprint density at radius 3 is 2.35 bits per heavy atom. The van der Waals surface area contributed by atoms with Crippen molar-refractivity contribution in [2.45, 2.75) is 10.3 Å². The van der Waals surface area contributed by atoms with E-state index in [4.69, 9.17) is 0 Å². The van der Waals surface area contributed by atoms with E-state index in [2.05, 4.69) is 25.6 Å². The summed E-state index contributed by atoms with van der Waals surface area (Å²) in [6.07, 6.45) is 1.65. The molecule has 0 saturated heterocycles. The van der Waals surface area contributed by atoms with Crippen LogP contribution in [0.1, 0.15) is 17.3 Å². The van der Waals surface area contributed by atoms with Gasteiger partial charge in [-0.3, -0.25) is 4.98 Å². The van der Waals surface area contributed by atoms with Crippen LogP contribution >= 0.6 is 27.3 Å². The molecule has 23 heavy (non-hydrogen) atoms. The molecule has 0 aliphatic heterocycles. The van der Waals surface area contributed by atoms with Gasteiger partial charge in [0.25, 0.3) is 10.0 Å². The summed E-state index contributed by atoms with van der Waals surface area (Å²) in [5, 5.41) is 0. The van der Waals surface area contributed by atoms with Gasteiger partial charge in [-0.15, -0.1) is 11.3 Å². The lowest BCUT2D eigenvalue weighted by Gasteiger charge is -2.18. The molecule has 2 aromatic heterocycles. The predicted octanol–water partition coefficient (Wildman–Crippen LogP) is 3.97. The molecule has 3 rings (SSSR count). The van der Waals surface area contributed by atoms with E-state index >= 15 is 0 Å². The van der Waals surface area contributed by atoms with Crippen molar-refractivity contribution in [1.82, 2.24) is 9.71 Å². The molecular formula is C16H13BrN2O2S2. The number of nitrogens with zero attached hydrogens (tertiary/aromatic N) is 1. The lowest BCUT2D eigenvalue weighted by molar-refractivity contribution is 0.572. The highest BCUT2D eigenvalue weighted by atomic mass is 79.9. The third-order valence-electron chi connectivity index (χ3n) is 3.20. The van der Waals surface area contributed by atoms with Gasteiger partial charge in [-0.05, 0) is 45.8 Å². The van der Waals surface area contributed by atoms with Crippen LogP contribution in [0.5, 0.6) is 0 Å². The molecular weight excluding hydrogens is 396 g/mol. The number of hydrogen-bond acceptors (Lipinski definition) is 4. The Morgan fingerprint density at radius 2 is 1.74 bits per heavy atom. The van der Waals surface area contributed by atoms with E-state index in [9.17, 15) is 8.42 Å². The van der Waals surface area contributed by atoms with Crippen molar-refractivity contribution in [2.24, 2.45) is 0 Å². The highest BCUT2D eigenvalue weighted by Crippen LogP contribution is 2.28. The maximum atomic E-state index is 12.7. The van der Waals surface area contributed by atoms with E-state index in [1.807, 2.05) is 42.5 Å². The zero-order chi connectivity index (χ0) is 16.3. The molecule has 0 spiro atoms. The number of aromatic nitrogens is 1. The first-order valence-electron chi connectivity index (χ1n) is 6.80. The van der Waals surface area contributed by atoms with E-state index < -0.39 is 16.1 Å². The van der Waals surface area contributed by atoms with Gasteiger partial charge in [0.15, 0.2) is 0 Å². The summed E-state index contributed by atoms with van der Waals surface area (Å²) in [5.41, 5.74) is 1.49. The van der Waals surface area contributed by atoms with Crippen LogP contribution < -0.4 is 4.72 Å². The molecule has 0 aliphatic carbocycles. The van der Waals surface area contributed by atoms with Crippen LogP contribution in [0.25, 0.3) is 0 Å². The van der Waals surface area contributed by atoms with Crippen molar-refractivity contribution >= 4 is 37.3 Å². The second-order valence-electron chi connectivity index (χ2n) is 4.78. The van der Waals surface area contributed by atoms with Crippen LogP contribution in [-0.2, 0) is 10.0 Å². The molecule has 1 atom stereocenters. The number of rotatable bonds is 5. The fourth-order valence-electron chi connectivity index (χ4n) is 2.15. The summed E-state index contributed by atoms with van der Waals surface area (Å²) in [6, 6.07) is 17.6. The number of halogens is 1. The van der Waals surface area contributed by atoms with Crippen LogP contribution in [0.15, 0.2) is 74.9 Å². The van der Waals surface area contributed by atoms with Crippen LogP contribution in [0, 0.1) is 0 Å². The molecule has 0 bridgehead atoms. The number of pyridine rings is 1. The number of benzene rings is 1. The van der Waals surface area contributed by atoms with E-state index in [-0.39, 0.29) is 4.21 Å². The van der Waals surface area contributed by atoms with Gasteiger partial charge in [0.05, 0.1) is 15.5 Å². The molecule has 0 saturated carbocycles. The Morgan fingerprint density at radius 1 is 1.00 bits per heavy atom. The fourth-order valence-corrected chi connectivity index (χ4v) is 5.37. The summed E-state index contributed by atoms with van der Waals surface area (Å²) in [7, 11) is -3.64. The quantitative estimate of drug-likeness (QED) is 0.694. The largest absolute Gasteiger partial charge is 0.259 e. The molecule has 1 N–H and O–H groups in total. The standard InChI is InChI=1S/C16H13BrN2O2S2/c17-14-9-10-15(22-14)23(20,21)19-16(12-6-2-1-3-7-12)13-8-4-5-11-18-13/h1-11,16,19H. The molecule has 3 aromatic rings. The molecule has 7 heteroatoms. The zero-order valence-corrected chi connectivity index (χ0v) is 15.1. The fraction of sp³-hybridized carbons (Fsp3) is 0.0625. The monoisotopic (exact) mass is 408 g/mol. The molecule has 0 radical (unpaired) electrons. The minimum absolute atomic E-state index is 0.265. The van der Waals surface area contributed by atoms with Crippen molar-refractivity contribution in [2.75, 3.05) is 0 Å². The highest BCUT2D eigenvalue weighted by Gasteiger charge is 2.24. The second kappa shape index (κ2) is 6.92. The van der Waals surface area contributed by atoms with Gasteiger partial charge in [0.2, 0.25) is 0 Å². The lowest BCUT2D eigenvalue weighted by atomic mass is 10.0. The molecule has 0 amide bonds. The Bertz CT molecular complexity index is 841. The van der Waals surface area contributed by atoms with E-state index in [1.54, 1.807) is 24.4 Å². The zero-order valence-electron chi connectivity index (χ0n) is 11.9. The molecule has 4 nitrogen and oxygen atoms in total. The highest BCUT2D eigenvalue weighted by molar-refractivity contribution is 9.11. The maximum absolute atomic E-state index is 12.7. The summed E-state index contributed by atoms with van der Waals surface area (Å²) < 4.78 is 29.1. The molecule has 1 unspecified atom stereocenters. The van der Waals surface area contributed by atoms with E-state index in [1.165, 1.54) is 11.3 Å². The number of nitrogens with one attached hydrogen (secondary N) is 1. The van der Waals surface area contributed by atoms with Crippen LogP contribution in [-0.4, -0.2) is 13.4 Å². The molecule has 0 aliphatic rings. The maximum Gasteiger partial charge on any atom is 0.251 e. The van der Waals surface area contributed by atoms with Gasteiger partial charge in [0, 0.05) is 6.20 Å². The Labute approximate surface area is 147 Å². The average molecular weight is 409 g/mol. The number of thiophene rings is 1. The normalized spacial score (nSPS) is 12.9. The molecule has 1 aromatic carbocycles. The third kappa shape index (κ3) is 3.87. The van der Waals surface area contributed by atoms with Crippen molar-refractivity contribution in [3.63, 3.8) is 0 Å². The van der Waals surface area contributed by atoms with Crippen molar-refractivity contribution in [1.29, 1.82) is 0 Å². The summed E-state index contributed by atoms with van der Waals surface area (Å²) >= 11 is 4.47. The topological polar surface area (TPSA) is 59.1 Å².